The fraction of sp³-hybridized carbons (Fsp3) is 0.604. The summed E-state index contributed by atoms with van der Waals surface area (Å²) in [5.41, 5.74) is 15.1. The van der Waals surface area contributed by atoms with E-state index in [1.807, 2.05) is 44.2 Å². The predicted molar refractivity (Wildman–Crippen MR) is 255 cm³/mol. The number of aliphatic hydroxyl groups is 1. The number of β-amino-alcohol motifs (C(OH)–C–C–N with tert-alkyl or cyclic N) is 1. The number of likely N-dealkylation sites (tertiary alicyclic amines) is 1. The Morgan fingerprint density at radius 3 is 2.24 bits per heavy atom. The third-order valence-electron chi connectivity index (χ3n) is 11.7. The molecule has 67 heavy (non-hydrogen) atoms. The highest BCUT2D eigenvalue weighted by atomic mass is 35.5. The van der Waals surface area contributed by atoms with Gasteiger partial charge in [0.2, 0.25) is 17.7 Å². The van der Waals surface area contributed by atoms with Crippen molar-refractivity contribution in [1.82, 2.24) is 20.5 Å². The number of hydrogen-bond acceptors (Lipinski definition) is 13. The number of rotatable bonds is 28. The van der Waals surface area contributed by atoms with Gasteiger partial charge in [-0.05, 0) is 74.1 Å². The van der Waals surface area contributed by atoms with E-state index in [2.05, 4.69) is 27.8 Å². The van der Waals surface area contributed by atoms with Crippen LogP contribution in [-0.4, -0.2) is 127 Å². The number of aryl methyl sites for hydroxylation is 2. The monoisotopic (exact) mass is 976 g/mol. The summed E-state index contributed by atoms with van der Waals surface area (Å²) >= 11 is 1.51. The van der Waals surface area contributed by atoms with Crippen LogP contribution in [0.15, 0.2) is 48.0 Å². The first-order chi connectivity index (χ1) is 31.4. The maximum Gasteiger partial charge on any atom is 0.258 e. The Morgan fingerprint density at radius 1 is 0.985 bits per heavy atom. The number of nitrogens with two attached hydrogens (primary N) is 2. The molecule has 2 heterocycles. The molecule has 5 atom stereocenters. The van der Waals surface area contributed by atoms with Crippen LogP contribution in [0.1, 0.15) is 88.6 Å². The molecule has 5 rings (SSSR count). The number of primary amides is 1. The number of nitrogens with one attached hydrogen (secondary N) is 2. The summed E-state index contributed by atoms with van der Waals surface area (Å²) in [6.07, 6.45) is 1.60. The zero-order valence-corrected chi connectivity index (χ0v) is 41.0. The average molecular weight is 978 g/mol. The van der Waals surface area contributed by atoms with Crippen LogP contribution in [0.2, 0.25) is 0 Å². The van der Waals surface area contributed by atoms with E-state index in [1.165, 1.54) is 21.8 Å². The van der Waals surface area contributed by atoms with Crippen LogP contribution in [0.5, 0.6) is 5.75 Å². The Balaban J connectivity index is 0.00000980. The summed E-state index contributed by atoms with van der Waals surface area (Å²) in [7, 11) is 0. The van der Waals surface area contributed by atoms with Gasteiger partial charge in [0, 0.05) is 44.1 Å². The van der Waals surface area contributed by atoms with E-state index in [9.17, 15) is 28.7 Å². The summed E-state index contributed by atoms with van der Waals surface area (Å²) in [5, 5.41) is 16.1. The number of aliphatic hydroxyl groups excluding tert-OH is 1. The molecule has 19 heteroatoms. The molecule has 16 nitrogen and oxygen atoms in total. The maximum atomic E-state index is 14.6. The fourth-order valence-electron chi connectivity index (χ4n) is 7.40. The van der Waals surface area contributed by atoms with E-state index >= 15 is 0 Å². The molecule has 2 aromatic carbocycles. The van der Waals surface area contributed by atoms with Crippen molar-refractivity contribution in [3.63, 3.8) is 0 Å². The predicted octanol–water partition coefficient (Wildman–Crippen LogP) is 4.71. The van der Waals surface area contributed by atoms with Crippen molar-refractivity contribution >= 4 is 47.4 Å². The van der Waals surface area contributed by atoms with E-state index in [0.717, 1.165) is 34.5 Å². The molecular formula is C48H70ClFN6O10S. The number of hydrogen-bond donors (Lipinski definition) is 5. The Hall–Kier alpha value is -4.27. The Bertz CT molecular complexity index is 2050. The minimum absolute atomic E-state index is 0. The molecule has 0 spiro atoms. The van der Waals surface area contributed by atoms with E-state index in [1.54, 1.807) is 26.3 Å². The smallest absolute Gasteiger partial charge is 0.258 e. The van der Waals surface area contributed by atoms with E-state index in [0.29, 0.717) is 64.0 Å². The Morgan fingerprint density at radius 2 is 1.63 bits per heavy atom. The zero-order valence-electron chi connectivity index (χ0n) is 39.4. The first-order valence-corrected chi connectivity index (χ1v) is 23.7. The summed E-state index contributed by atoms with van der Waals surface area (Å²) < 4.78 is 43.9. The highest BCUT2D eigenvalue weighted by molar-refractivity contribution is 7.13. The van der Waals surface area contributed by atoms with E-state index in [4.69, 9.17) is 35.2 Å². The van der Waals surface area contributed by atoms with Crippen LogP contribution in [0.25, 0.3) is 10.4 Å². The van der Waals surface area contributed by atoms with Crippen molar-refractivity contribution in [3.8, 4) is 16.2 Å². The molecule has 3 aromatic rings. The zero-order chi connectivity index (χ0) is 47.9. The number of carbonyl (C=O) groups excluding carboxylic acids is 4. The largest absolute Gasteiger partial charge is 0.491 e. The van der Waals surface area contributed by atoms with Crippen LogP contribution in [0.3, 0.4) is 0 Å². The summed E-state index contributed by atoms with van der Waals surface area (Å²) in [4.78, 5) is 57.9. The number of halogens is 2. The van der Waals surface area contributed by atoms with E-state index in [-0.39, 0.29) is 75.8 Å². The highest BCUT2D eigenvalue weighted by Gasteiger charge is 2.53. The third kappa shape index (κ3) is 17.3. The Kier molecular flexibility index (Phi) is 21.9. The second-order valence-electron chi connectivity index (χ2n) is 18.2. The van der Waals surface area contributed by atoms with Gasteiger partial charge in [-0.15, -0.1) is 23.7 Å². The van der Waals surface area contributed by atoms with Gasteiger partial charge in [0.05, 0.1) is 67.9 Å². The molecule has 1 saturated carbocycles. The molecule has 372 valence electrons. The molecule has 1 aliphatic carbocycles. The molecule has 1 saturated heterocycles. The fourth-order valence-corrected chi connectivity index (χ4v) is 8.20. The van der Waals surface area contributed by atoms with Crippen molar-refractivity contribution in [2.75, 3.05) is 52.8 Å². The first-order valence-electron chi connectivity index (χ1n) is 22.8. The molecule has 0 unspecified atom stereocenters. The quantitative estimate of drug-likeness (QED) is 0.0624. The molecule has 7 N–H and O–H groups in total. The lowest BCUT2D eigenvalue weighted by Crippen LogP contribution is -2.59. The van der Waals surface area contributed by atoms with Crippen molar-refractivity contribution in [1.29, 1.82) is 0 Å². The number of carbonyl (C=O) groups is 4. The normalized spacial score (nSPS) is 17.8. The van der Waals surface area contributed by atoms with Gasteiger partial charge in [0.15, 0.2) is 5.67 Å². The van der Waals surface area contributed by atoms with Crippen molar-refractivity contribution in [3.05, 3.63) is 70.4 Å². The molecule has 1 aliphatic heterocycles. The molecule has 4 amide bonds. The summed E-state index contributed by atoms with van der Waals surface area (Å²) in [6, 6.07) is 11.6. The van der Waals surface area contributed by atoms with E-state index < -0.39 is 47.0 Å². The van der Waals surface area contributed by atoms with Gasteiger partial charge >= 0.3 is 0 Å². The maximum absolute atomic E-state index is 14.6. The van der Waals surface area contributed by atoms with Crippen molar-refractivity contribution in [2.45, 2.75) is 129 Å². The molecule has 0 bridgehead atoms. The minimum atomic E-state index is -1.97. The van der Waals surface area contributed by atoms with Crippen molar-refractivity contribution in [2.24, 2.45) is 16.9 Å². The van der Waals surface area contributed by atoms with Gasteiger partial charge in [-0.1, -0.05) is 57.2 Å². The first kappa shape index (κ1) is 55.3. The lowest BCUT2D eigenvalue weighted by atomic mass is 9.85. The molecule has 2 aliphatic rings. The molecule has 1 aromatic heterocycles. The van der Waals surface area contributed by atoms with Crippen molar-refractivity contribution < 1.29 is 52.4 Å². The van der Waals surface area contributed by atoms with Gasteiger partial charge in [-0.25, -0.2) is 9.37 Å². The second kappa shape index (κ2) is 26.5. The van der Waals surface area contributed by atoms with Gasteiger partial charge in [0.1, 0.15) is 24.4 Å². The topological polar surface area (TPSA) is 227 Å². The Labute approximate surface area is 403 Å². The van der Waals surface area contributed by atoms with Gasteiger partial charge in [-0.3, -0.25) is 19.2 Å². The van der Waals surface area contributed by atoms with Gasteiger partial charge in [-0.2, -0.15) is 0 Å². The number of ether oxygens (including phenoxy) is 5. The number of thiazole rings is 1. The van der Waals surface area contributed by atoms with Gasteiger partial charge in [0.25, 0.3) is 5.91 Å². The minimum Gasteiger partial charge on any atom is -0.491 e. The number of amides is 4. The lowest BCUT2D eigenvalue weighted by Gasteiger charge is -2.35. The molecule has 2 fully saturated rings. The third-order valence-corrected chi connectivity index (χ3v) is 12.7. The van der Waals surface area contributed by atoms with Crippen LogP contribution in [-0.2, 0) is 57.7 Å². The summed E-state index contributed by atoms with van der Waals surface area (Å²) in [6.45, 7) is 12.3. The standard InChI is InChI=1S/C48H69FN6O10S.ClH/c1-31-42(66-30-53-31)35-12-13-36(27-52-44(58)39-26-37(56)28-55(39)45(59)43(47(3,4)5)54-46(60)48(49)16-17-48)40(25-35)64-24-23-63-22-21-62-20-19-61-18-6-7-33-8-10-34(11-9-33)29-65-32(2)38(50)14-15-41(51)57;/h8-13,25,30,32,37-39,43,56H,6-7,14-24,26-29,50H2,1-5H3,(H2,51,57)(H,52,58)(H,54,60);1H/t32-,37-,38+,39+,43-;/m1./s1. The van der Waals surface area contributed by atoms with Crippen LogP contribution in [0, 0.1) is 12.3 Å². The molecular weight excluding hydrogens is 907 g/mol. The number of nitrogens with zero attached hydrogens (tertiary/aromatic N) is 2. The number of aromatic nitrogens is 1. The average Bonchev–Trinajstić information content (AvgIpc) is 3.69. The summed E-state index contributed by atoms with van der Waals surface area (Å²) in [5.74, 6) is -1.67. The van der Waals surface area contributed by atoms with Gasteiger partial charge < -0.3 is 55.8 Å². The van der Waals surface area contributed by atoms with Crippen LogP contribution in [0.4, 0.5) is 4.39 Å². The molecule has 0 radical (unpaired) electrons. The number of benzene rings is 2. The second-order valence-corrected chi connectivity index (χ2v) is 19.1. The SMILES string of the molecule is Cc1ncsc1-c1ccc(CNC(=O)[C@@H]2C[C@@H](O)CN2C(=O)[C@@H](NC(=O)C2(F)CC2)C(C)(C)C)c(OCCOCCOCCOCCCc2ccc(CO[C@H](C)[C@@H](N)CCC(N)=O)cc2)c1.Cl. The lowest BCUT2D eigenvalue weighted by molar-refractivity contribution is -0.145. The number of alkyl halides is 1. The van der Waals surface area contributed by atoms with Crippen LogP contribution < -0.4 is 26.8 Å². The van der Waals surface area contributed by atoms with Crippen LogP contribution >= 0.6 is 23.7 Å². The highest BCUT2D eigenvalue weighted by Crippen LogP contribution is 2.40.